The van der Waals surface area contributed by atoms with Gasteiger partial charge in [0.2, 0.25) is 11.8 Å². The maximum atomic E-state index is 14.2. The standard InChI is InChI=1S/C24H24F2N4O2S/c1-16(31)30(21-10-5-4-9-20(21)26)24-28-19(15-33-24)11-12-23(32)27-14-22(29(2)3)17-7-6-8-18(25)13-17/h4-13,15,22H,14H2,1-3H3,(H,27,32)/b12-11+. The summed E-state index contributed by atoms with van der Waals surface area (Å²) in [6, 6.07) is 12.0. The van der Waals surface area contributed by atoms with Gasteiger partial charge in [-0.2, -0.15) is 0 Å². The van der Waals surface area contributed by atoms with Crippen LogP contribution in [0.5, 0.6) is 0 Å². The SMILES string of the molecule is CC(=O)N(c1nc(/C=C/C(=O)NCC(c2cccc(F)c2)N(C)C)cs1)c1ccccc1F. The molecule has 0 aliphatic carbocycles. The van der Waals surface area contributed by atoms with E-state index in [1.165, 1.54) is 48.2 Å². The lowest BCUT2D eigenvalue weighted by molar-refractivity contribution is -0.117. The fourth-order valence-electron chi connectivity index (χ4n) is 3.23. The number of nitrogens with one attached hydrogen (secondary N) is 1. The first-order chi connectivity index (χ1) is 15.8. The molecule has 1 unspecified atom stereocenters. The number of para-hydroxylation sites is 1. The quantitative estimate of drug-likeness (QED) is 0.491. The highest BCUT2D eigenvalue weighted by Gasteiger charge is 2.20. The second kappa shape index (κ2) is 10.9. The van der Waals surface area contributed by atoms with Gasteiger partial charge in [-0.1, -0.05) is 24.3 Å². The monoisotopic (exact) mass is 470 g/mol. The van der Waals surface area contributed by atoms with Gasteiger partial charge in [-0.15, -0.1) is 11.3 Å². The van der Waals surface area contributed by atoms with Crippen LogP contribution in [0.3, 0.4) is 0 Å². The van der Waals surface area contributed by atoms with Crippen LogP contribution in [0.4, 0.5) is 19.6 Å². The molecule has 172 valence electrons. The number of anilines is 2. The van der Waals surface area contributed by atoms with Crippen molar-refractivity contribution in [1.29, 1.82) is 0 Å². The number of halogens is 2. The molecule has 0 saturated heterocycles. The number of rotatable bonds is 8. The molecular weight excluding hydrogens is 446 g/mol. The summed E-state index contributed by atoms with van der Waals surface area (Å²) < 4.78 is 27.8. The second-order valence-corrected chi connectivity index (χ2v) is 8.31. The Morgan fingerprint density at radius 2 is 1.91 bits per heavy atom. The number of likely N-dealkylation sites (N-methyl/N-ethyl adjacent to an activating group) is 1. The van der Waals surface area contributed by atoms with E-state index in [2.05, 4.69) is 10.3 Å². The molecule has 0 bridgehead atoms. The second-order valence-electron chi connectivity index (χ2n) is 7.47. The van der Waals surface area contributed by atoms with Crippen molar-refractivity contribution < 1.29 is 18.4 Å². The molecule has 33 heavy (non-hydrogen) atoms. The van der Waals surface area contributed by atoms with Crippen molar-refractivity contribution >= 4 is 40.0 Å². The minimum absolute atomic E-state index is 0.111. The summed E-state index contributed by atoms with van der Waals surface area (Å²) in [5.74, 6) is -1.59. The number of nitrogens with zero attached hydrogens (tertiary/aromatic N) is 3. The molecule has 1 heterocycles. The molecule has 0 spiro atoms. The summed E-state index contributed by atoms with van der Waals surface area (Å²) in [5.41, 5.74) is 1.33. The Morgan fingerprint density at radius 3 is 2.58 bits per heavy atom. The van der Waals surface area contributed by atoms with E-state index in [9.17, 15) is 18.4 Å². The summed E-state index contributed by atoms with van der Waals surface area (Å²) in [7, 11) is 3.70. The van der Waals surface area contributed by atoms with E-state index in [-0.39, 0.29) is 35.9 Å². The van der Waals surface area contributed by atoms with Crippen molar-refractivity contribution in [1.82, 2.24) is 15.2 Å². The third-order valence-corrected chi connectivity index (χ3v) is 5.69. The lowest BCUT2D eigenvalue weighted by Crippen LogP contribution is -2.33. The largest absolute Gasteiger partial charge is 0.351 e. The average Bonchev–Trinajstić information content (AvgIpc) is 3.22. The average molecular weight is 471 g/mol. The van der Waals surface area contributed by atoms with Crippen molar-refractivity contribution in [3.8, 4) is 0 Å². The fourth-order valence-corrected chi connectivity index (χ4v) is 4.07. The summed E-state index contributed by atoms with van der Waals surface area (Å²) in [4.78, 5) is 31.9. The van der Waals surface area contributed by atoms with Crippen LogP contribution in [0.25, 0.3) is 6.08 Å². The Labute approximate surface area is 195 Å². The number of carbonyl (C=O) groups excluding carboxylic acids is 2. The highest BCUT2D eigenvalue weighted by Crippen LogP contribution is 2.31. The predicted octanol–water partition coefficient (Wildman–Crippen LogP) is 4.54. The van der Waals surface area contributed by atoms with Crippen LogP contribution in [0.1, 0.15) is 24.2 Å². The number of hydrogen-bond donors (Lipinski definition) is 1. The third-order valence-electron chi connectivity index (χ3n) is 4.84. The Hall–Kier alpha value is -3.43. The molecule has 0 radical (unpaired) electrons. The Kier molecular flexibility index (Phi) is 8.02. The molecule has 0 aliphatic rings. The van der Waals surface area contributed by atoms with Gasteiger partial charge in [0.1, 0.15) is 11.6 Å². The molecular formula is C24H24F2N4O2S. The van der Waals surface area contributed by atoms with Gasteiger partial charge in [0.15, 0.2) is 5.13 Å². The molecule has 0 aliphatic heterocycles. The Bertz CT molecular complexity index is 1160. The van der Waals surface area contributed by atoms with Crippen molar-refractivity contribution in [2.24, 2.45) is 0 Å². The first-order valence-electron chi connectivity index (χ1n) is 10.1. The summed E-state index contributed by atoms with van der Waals surface area (Å²) in [6.07, 6.45) is 2.85. The normalized spacial score (nSPS) is 12.2. The van der Waals surface area contributed by atoms with Crippen LogP contribution < -0.4 is 10.2 Å². The van der Waals surface area contributed by atoms with Crippen molar-refractivity contribution in [2.75, 3.05) is 25.5 Å². The lowest BCUT2D eigenvalue weighted by Gasteiger charge is -2.24. The van der Waals surface area contributed by atoms with Crippen LogP contribution in [0.15, 0.2) is 60.0 Å². The van der Waals surface area contributed by atoms with Crippen LogP contribution in [-0.4, -0.2) is 42.3 Å². The molecule has 1 aromatic heterocycles. The topological polar surface area (TPSA) is 65.5 Å². The molecule has 2 aromatic carbocycles. The van der Waals surface area contributed by atoms with Gasteiger partial charge in [-0.05, 0) is 50.0 Å². The summed E-state index contributed by atoms with van der Waals surface area (Å²) >= 11 is 1.16. The summed E-state index contributed by atoms with van der Waals surface area (Å²) in [5, 5.41) is 4.77. The van der Waals surface area contributed by atoms with Gasteiger partial charge in [0.25, 0.3) is 0 Å². The third kappa shape index (κ3) is 6.30. The van der Waals surface area contributed by atoms with E-state index in [0.29, 0.717) is 10.8 Å². The Morgan fingerprint density at radius 1 is 1.15 bits per heavy atom. The zero-order valence-electron chi connectivity index (χ0n) is 18.5. The van der Waals surface area contributed by atoms with Gasteiger partial charge < -0.3 is 10.2 Å². The van der Waals surface area contributed by atoms with E-state index in [4.69, 9.17) is 0 Å². The van der Waals surface area contributed by atoms with Crippen LogP contribution in [0, 0.1) is 11.6 Å². The molecule has 3 aromatic rings. The number of carbonyl (C=O) groups is 2. The number of hydrogen-bond acceptors (Lipinski definition) is 5. The maximum absolute atomic E-state index is 14.2. The van der Waals surface area contributed by atoms with E-state index in [1.807, 2.05) is 25.1 Å². The van der Waals surface area contributed by atoms with Crippen LogP contribution >= 0.6 is 11.3 Å². The molecule has 3 rings (SSSR count). The number of benzene rings is 2. The van der Waals surface area contributed by atoms with Gasteiger partial charge in [-0.25, -0.2) is 13.8 Å². The van der Waals surface area contributed by atoms with Gasteiger partial charge >= 0.3 is 0 Å². The number of thiazole rings is 1. The van der Waals surface area contributed by atoms with Crippen molar-refractivity contribution in [2.45, 2.75) is 13.0 Å². The van der Waals surface area contributed by atoms with E-state index < -0.39 is 5.82 Å². The zero-order chi connectivity index (χ0) is 24.0. The van der Waals surface area contributed by atoms with Gasteiger partial charge in [-0.3, -0.25) is 14.5 Å². The molecule has 0 fully saturated rings. The predicted molar refractivity (Wildman–Crippen MR) is 126 cm³/mol. The molecule has 6 nitrogen and oxygen atoms in total. The minimum atomic E-state index is -0.534. The fraction of sp³-hybridized carbons (Fsp3) is 0.208. The van der Waals surface area contributed by atoms with Crippen molar-refractivity contribution in [3.05, 3.63) is 82.9 Å². The van der Waals surface area contributed by atoms with Gasteiger partial charge in [0, 0.05) is 24.9 Å². The molecule has 1 atom stereocenters. The number of aromatic nitrogens is 1. The minimum Gasteiger partial charge on any atom is -0.351 e. The van der Waals surface area contributed by atoms with E-state index >= 15 is 0 Å². The highest BCUT2D eigenvalue weighted by atomic mass is 32.1. The Balaban J connectivity index is 1.67. The molecule has 9 heteroatoms. The molecule has 0 saturated carbocycles. The highest BCUT2D eigenvalue weighted by molar-refractivity contribution is 7.14. The van der Waals surface area contributed by atoms with Crippen LogP contribution in [0.2, 0.25) is 0 Å². The first-order valence-corrected chi connectivity index (χ1v) is 11.0. The van der Waals surface area contributed by atoms with Crippen molar-refractivity contribution in [3.63, 3.8) is 0 Å². The van der Waals surface area contributed by atoms with Gasteiger partial charge in [0.05, 0.1) is 17.4 Å². The maximum Gasteiger partial charge on any atom is 0.244 e. The van der Waals surface area contributed by atoms with E-state index in [1.54, 1.807) is 23.6 Å². The van der Waals surface area contributed by atoms with E-state index in [0.717, 1.165) is 16.9 Å². The number of amides is 2. The zero-order valence-corrected chi connectivity index (χ0v) is 19.3. The smallest absolute Gasteiger partial charge is 0.244 e. The molecule has 1 N–H and O–H groups in total. The lowest BCUT2D eigenvalue weighted by atomic mass is 10.1. The first kappa shape index (κ1) is 24.2. The van der Waals surface area contributed by atoms with Crippen LogP contribution in [-0.2, 0) is 9.59 Å². The molecule has 2 amide bonds. The summed E-state index contributed by atoms with van der Waals surface area (Å²) in [6.45, 7) is 1.61.